The molecule has 12 heteroatoms. The Morgan fingerprint density at radius 2 is 1.64 bits per heavy atom. The number of rotatable bonds is 4. The van der Waals surface area contributed by atoms with E-state index in [1.54, 1.807) is 0 Å². The van der Waals surface area contributed by atoms with Crippen molar-refractivity contribution in [2.24, 2.45) is 0 Å². The van der Waals surface area contributed by atoms with Gasteiger partial charge in [0.2, 0.25) is 6.29 Å². The molecule has 2 aliphatic rings. The molecule has 0 aliphatic carbocycles. The minimum Gasteiger partial charge on any atom is -1.00 e. The lowest BCUT2D eigenvalue weighted by atomic mass is 9.93. The molecule has 0 aromatic heterocycles. The van der Waals surface area contributed by atoms with Gasteiger partial charge < -0.3 is 62.7 Å². The summed E-state index contributed by atoms with van der Waals surface area (Å²) in [7, 11) is 0. The third-order valence-electron chi connectivity index (χ3n) is 5.48. The Hall–Kier alpha value is -2.64. The van der Waals surface area contributed by atoms with E-state index < -0.39 is 49.2 Å². The van der Waals surface area contributed by atoms with E-state index >= 15 is 0 Å². The Kier molecular flexibility index (Phi) is 7.34. The lowest BCUT2D eigenvalue weighted by molar-refractivity contribution is -0.302. The fourth-order valence-electron chi connectivity index (χ4n) is 3.73. The van der Waals surface area contributed by atoms with Crippen molar-refractivity contribution in [1.82, 2.24) is 0 Å². The van der Waals surface area contributed by atoms with Crippen molar-refractivity contribution in [3.63, 3.8) is 0 Å². The summed E-state index contributed by atoms with van der Waals surface area (Å²) in [5, 5.41) is 79.3. The molecule has 2 aliphatic heterocycles. The summed E-state index contributed by atoms with van der Waals surface area (Å²) in [6.07, 6.45) is -8.62. The van der Waals surface area contributed by atoms with Crippen molar-refractivity contribution < 1.29 is 67.5 Å². The molecule has 2 aromatic carbocycles. The Morgan fingerprint density at radius 1 is 0.909 bits per heavy atom. The van der Waals surface area contributed by atoms with Gasteiger partial charge in [-0.2, -0.15) is 4.74 Å². The van der Waals surface area contributed by atoms with Crippen LogP contribution in [0.3, 0.4) is 0 Å². The fourth-order valence-corrected chi connectivity index (χ4v) is 3.73. The van der Waals surface area contributed by atoms with Crippen molar-refractivity contribution in [2.75, 3.05) is 6.61 Å². The quantitative estimate of drug-likeness (QED) is 0.158. The van der Waals surface area contributed by atoms with E-state index in [0.29, 0.717) is 5.56 Å². The van der Waals surface area contributed by atoms with Gasteiger partial charge in [0.1, 0.15) is 41.7 Å². The predicted molar refractivity (Wildman–Crippen MR) is 105 cm³/mol. The van der Waals surface area contributed by atoms with Crippen LogP contribution >= 0.6 is 0 Å². The highest BCUT2D eigenvalue weighted by Crippen LogP contribution is 2.47. The third-order valence-corrected chi connectivity index (χ3v) is 5.48. The molecule has 0 saturated carbocycles. The highest BCUT2D eigenvalue weighted by Gasteiger charge is 2.52. The second kappa shape index (κ2) is 9.69. The van der Waals surface area contributed by atoms with Crippen LogP contribution < -0.4 is 17.1 Å². The van der Waals surface area contributed by atoms with Gasteiger partial charge in [-0.3, -0.25) is 0 Å². The van der Waals surface area contributed by atoms with Crippen LogP contribution in [0.5, 0.6) is 28.7 Å². The summed E-state index contributed by atoms with van der Waals surface area (Å²) in [5.74, 6) is -1.17. The fraction of sp³-hybridized carbons (Fsp3) is 0.381. The van der Waals surface area contributed by atoms with E-state index in [9.17, 15) is 40.9 Å². The molecule has 2 heterocycles. The topological polar surface area (TPSA) is 190 Å². The van der Waals surface area contributed by atoms with E-state index in [1.807, 2.05) is 0 Å². The van der Waals surface area contributed by atoms with Gasteiger partial charge in [0.25, 0.3) is 12.2 Å². The van der Waals surface area contributed by atoms with Crippen LogP contribution in [-0.2, 0) is 15.9 Å². The third kappa shape index (κ3) is 4.70. The first-order valence-corrected chi connectivity index (χ1v) is 9.76. The van der Waals surface area contributed by atoms with E-state index in [0.717, 1.165) is 6.07 Å². The molecule has 1 unspecified atom stereocenters. The number of phenols is 4. The summed E-state index contributed by atoms with van der Waals surface area (Å²) < 4.78 is 17.1. The standard InChI is InChI=1S/C21H22O11.ClH/c22-7-16-17(27)18(28)19(29)21(32-16)31-15-6-10-12(25)4-9(23)5-14(10)30-20(15)8-1-2-11(24)13(26)3-8;/h1-5,16-22,27-29H,6-7H2,(H3-,23,24,25,26);1H/t16-,17-,18+,19-,20?,21+;/m1./s1. The van der Waals surface area contributed by atoms with E-state index in [1.165, 1.54) is 24.3 Å². The average Bonchev–Trinajstić information content (AvgIpc) is 2.76. The molecule has 0 bridgehead atoms. The summed E-state index contributed by atoms with van der Waals surface area (Å²) in [4.78, 5) is 0. The molecule has 0 radical (unpaired) electrons. The van der Waals surface area contributed by atoms with Crippen LogP contribution in [0.4, 0.5) is 0 Å². The van der Waals surface area contributed by atoms with Gasteiger partial charge in [0.05, 0.1) is 12.2 Å². The zero-order valence-corrected chi connectivity index (χ0v) is 17.7. The molecule has 33 heavy (non-hydrogen) atoms. The number of aromatic hydroxyl groups is 4. The number of fused-ring (bicyclic) bond motifs is 1. The van der Waals surface area contributed by atoms with Gasteiger partial charge >= 0.3 is 0 Å². The van der Waals surface area contributed by atoms with E-state index in [-0.39, 0.29) is 53.5 Å². The maximum absolute atomic E-state index is 10.3. The normalized spacial score (nSPS) is 29.0. The minimum absolute atomic E-state index is 0. The number of hydrogen-bond donors (Lipinski definition) is 8. The summed E-state index contributed by atoms with van der Waals surface area (Å²) in [6, 6.07) is 6.30. The SMILES string of the molecule is OC[C@H]1O[C@H](O[C+]2Cc3c(O)cc(O)cc3OC2c2ccc(O)c(O)c2)[C@H](O)[C@@H](O)[C@@H]1O.[Cl-]. The van der Waals surface area contributed by atoms with Crippen molar-refractivity contribution in [1.29, 1.82) is 0 Å². The second-order valence-electron chi connectivity index (χ2n) is 7.65. The van der Waals surface area contributed by atoms with Crippen LogP contribution in [-0.4, -0.2) is 78.2 Å². The van der Waals surface area contributed by atoms with Crippen LogP contribution in [0.1, 0.15) is 17.2 Å². The van der Waals surface area contributed by atoms with Crippen LogP contribution in [0.15, 0.2) is 30.3 Å². The zero-order chi connectivity index (χ0) is 23.2. The second-order valence-corrected chi connectivity index (χ2v) is 7.65. The molecule has 0 spiro atoms. The lowest BCUT2D eigenvalue weighted by Gasteiger charge is -2.38. The Bertz CT molecular complexity index is 985. The molecule has 4 rings (SSSR count). The summed E-state index contributed by atoms with van der Waals surface area (Å²) >= 11 is 0. The smallest absolute Gasteiger partial charge is 0.297 e. The molecule has 2 aromatic rings. The first-order valence-electron chi connectivity index (χ1n) is 9.76. The molecule has 6 atom stereocenters. The Labute approximate surface area is 194 Å². The number of ether oxygens (including phenoxy) is 3. The molecular formula is C21H23ClO11. The van der Waals surface area contributed by atoms with Gasteiger partial charge in [0, 0.05) is 17.7 Å². The number of aliphatic hydroxyl groups excluding tert-OH is 4. The van der Waals surface area contributed by atoms with Crippen molar-refractivity contribution >= 4 is 0 Å². The highest BCUT2D eigenvalue weighted by molar-refractivity contribution is 5.53. The van der Waals surface area contributed by atoms with Gasteiger partial charge in [-0.05, 0) is 18.2 Å². The summed E-state index contributed by atoms with van der Waals surface area (Å²) in [5.41, 5.74) is 0.593. The molecule has 180 valence electrons. The van der Waals surface area contributed by atoms with Crippen molar-refractivity contribution in [3.05, 3.63) is 47.6 Å². The van der Waals surface area contributed by atoms with Gasteiger partial charge in [-0.1, -0.05) is 0 Å². The van der Waals surface area contributed by atoms with Crippen LogP contribution in [0.25, 0.3) is 0 Å². The number of phenolic OH excluding ortho intramolecular Hbond substituents is 4. The van der Waals surface area contributed by atoms with Gasteiger partial charge in [0.15, 0.2) is 17.9 Å². The monoisotopic (exact) mass is 486 g/mol. The molecular weight excluding hydrogens is 464 g/mol. The molecule has 11 nitrogen and oxygen atoms in total. The summed E-state index contributed by atoms with van der Waals surface area (Å²) in [6.45, 7) is -0.644. The average molecular weight is 487 g/mol. The number of hydrogen-bond acceptors (Lipinski definition) is 11. The Balaban J connectivity index is 0.00000306. The maximum Gasteiger partial charge on any atom is 0.297 e. The zero-order valence-electron chi connectivity index (χ0n) is 16.9. The van der Waals surface area contributed by atoms with Gasteiger partial charge in [-0.25, -0.2) is 0 Å². The first kappa shape index (κ1) is 25.0. The minimum atomic E-state index is -1.68. The van der Waals surface area contributed by atoms with Crippen LogP contribution in [0.2, 0.25) is 0 Å². The maximum atomic E-state index is 10.3. The van der Waals surface area contributed by atoms with Crippen molar-refractivity contribution in [3.8, 4) is 28.7 Å². The molecule has 8 N–H and O–H groups in total. The first-order chi connectivity index (χ1) is 15.2. The van der Waals surface area contributed by atoms with Gasteiger partial charge in [-0.15, -0.1) is 0 Å². The molecule has 1 saturated heterocycles. The number of aliphatic hydroxyl groups is 4. The Morgan fingerprint density at radius 3 is 2.30 bits per heavy atom. The highest BCUT2D eigenvalue weighted by atomic mass is 35.5. The largest absolute Gasteiger partial charge is 1.00 e. The number of halogens is 1. The van der Waals surface area contributed by atoms with E-state index in [4.69, 9.17) is 14.2 Å². The predicted octanol–water partition coefficient (Wildman–Crippen LogP) is -3.46. The number of benzene rings is 2. The molecule has 0 amide bonds. The van der Waals surface area contributed by atoms with E-state index in [2.05, 4.69) is 0 Å². The molecule has 1 fully saturated rings. The van der Waals surface area contributed by atoms with Crippen LogP contribution in [0, 0.1) is 6.10 Å². The van der Waals surface area contributed by atoms with Crippen molar-refractivity contribution in [2.45, 2.75) is 43.2 Å². The lowest BCUT2D eigenvalue weighted by Crippen LogP contribution is -3.00.